The summed E-state index contributed by atoms with van der Waals surface area (Å²) in [6, 6.07) is 1.95. The molecular weight excluding hydrogens is 457 g/mol. The third kappa shape index (κ3) is 4.06. The molecule has 3 atom stereocenters. The summed E-state index contributed by atoms with van der Waals surface area (Å²) in [6.45, 7) is -1.51. The minimum Gasteiger partial charge on any atom is -0.364 e. The number of nitrogens with two attached hydrogens (primary N) is 1. The molecule has 1 saturated heterocycles. The molecule has 34 heavy (non-hydrogen) atoms. The van der Waals surface area contributed by atoms with E-state index in [4.69, 9.17) is 5.73 Å². The molecule has 14 heteroatoms. The average Bonchev–Trinajstić information content (AvgIpc) is 3.08. The Morgan fingerprint density at radius 1 is 1.18 bits per heavy atom. The predicted octanol–water partition coefficient (Wildman–Crippen LogP) is 0.917. The van der Waals surface area contributed by atoms with Gasteiger partial charge in [-0.2, -0.15) is 23.4 Å². The maximum atomic E-state index is 13.2. The number of amides is 3. The van der Waals surface area contributed by atoms with Gasteiger partial charge >= 0.3 is 6.18 Å². The molecule has 0 radical (unpaired) electrons. The molecule has 1 saturated carbocycles. The summed E-state index contributed by atoms with van der Waals surface area (Å²) in [4.78, 5) is 43.3. The molecule has 3 amide bonds. The number of likely N-dealkylation sites (tertiary alicyclic amines) is 1. The van der Waals surface area contributed by atoms with E-state index in [1.807, 2.05) is 0 Å². The van der Waals surface area contributed by atoms with E-state index >= 15 is 0 Å². The number of nitrogens with zero attached hydrogens (tertiary/aromatic N) is 6. The molecule has 1 aliphatic heterocycles. The Kier molecular flexibility index (Phi) is 5.02. The Bertz CT molecular complexity index is 1300. The molecule has 3 N–H and O–H groups in total. The second kappa shape index (κ2) is 7.81. The monoisotopic (exact) mass is 476 g/mol. The van der Waals surface area contributed by atoms with Crippen LogP contribution in [0.2, 0.25) is 0 Å². The van der Waals surface area contributed by atoms with E-state index in [0.29, 0.717) is 22.0 Å². The van der Waals surface area contributed by atoms with Gasteiger partial charge in [0, 0.05) is 29.9 Å². The van der Waals surface area contributed by atoms with Gasteiger partial charge < -0.3 is 16.0 Å². The normalized spacial score (nSPS) is 21.5. The second-order valence-electron chi connectivity index (χ2n) is 8.38. The molecule has 0 bridgehead atoms. The first-order chi connectivity index (χ1) is 16.1. The van der Waals surface area contributed by atoms with Crippen molar-refractivity contribution >= 4 is 34.4 Å². The van der Waals surface area contributed by atoms with Crippen molar-refractivity contribution in [3.05, 3.63) is 36.4 Å². The zero-order valence-corrected chi connectivity index (χ0v) is 17.6. The summed E-state index contributed by atoms with van der Waals surface area (Å²) in [7, 11) is 0. The van der Waals surface area contributed by atoms with Crippen LogP contribution in [0.1, 0.15) is 23.3 Å². The number of piperidine rings is 1. The Morgan fingerprint density at radius 2 is 1.97 bits per heavy atom. The lowest BCUT2D eigenvalue weighted by Gasteiger charge is -2.26. The van der Waals surface area contributed by atoms with Gasteiger partial charge in [0.05, 0.1) is 11.7 Å². The highest BCUT2D eigenvalue weighted by Gasteiger charge is 2.56. The topological polar surface area (TPSA) is 141 Å². The maximum Gasteiger partial charge on any atom is 0.408 e. The average molecular weight is 476 g/mol. The lowest BCUT2D eigenvalue weighted by Crippen LogP contribution is -2.46. The second-order valence-corrected chi connectivity index (χ2v) is 8.38. The standard InChI is InChI=1S/C20H19F3N8O3/c21-20(22,23)9-29-4-2-15(27-29)26-19(34)13-6-10-5-12(10)31(13)16(32)8-30-14-7-25-3-1-11(14)17(28-30)18(24)33/h1-4,7,10,12-13H,5-6,8-9H2,(H2,24,33)(H,26,27,34)/t10-,12-,13+/m1/s1. The summed E-state index contributed by atoms with van der Waals surface area (Å²) in [5.41, 5.74) is 5.86. The van der Waals surface area contributed by atoms with Crippen LogP contribution in [0.4, 0.5) is 19.0 Å². The minimum absolute atomic E-state index is 0.0136. The van der Waals surface area contributed by atoms with Gasteiger partial charge in [-0.1, -0.05) is 0 Å². The Morgan fingerprint density at radius 3 is 2.71 bits per heavy atom. The lowest BCUT2D eigenvalue weighted by atomic mass is 10.1. The van der Waals surface area contributed by atoms with Crippen molar-refractivity contribution in [3.8, 4) is 0 Å². The maximum absolute atomic E-state index is 13.2. The molecule has 2 aliphatic rings. The van der Waals surface area contributed by atoms with E-state index in [2.05, 4.69) is 20.5 Å². The molecule has 0 spiro atoms. The van der Waals surface area contributed by atoms with E-state index in [9.17, 15) is 27.6 Å². The van der Waals surface area contributed by atoms with Crippen LogP contribution >= 0.6 is 0 Å². The summed E-state index contributed by atoms with van der Waals surface area (Å²) in [5.74, 6) is -1.50. The molecular formula is C20H19F3N8O3. The van der Waals surface area contributed by atoms with E-state index in [-0.39, 0.29) is 35.9 Å². The first-order valence-electron chi connectivity index (χ1n) is 10.4. The number of primary amides is 1. The van der Waals surface area contributed by atoms with Crippen LogP contribution in [0.5, 0.6) is 0 Å². The summed E-state index contributed by atoms with van der Waals surface area (Å²) >= 11 is 0. The number of anilines is 1. The zero-order chi connectivity index (χ0) is 24.2. The number of rotatable bonds is 6. The molecule has 3 aromatic heterocycles. The van der Waals surface area contributed by atoms with Crippen molar-refractivity contribution in [1.82, 2.24) is 29.4 Å². The number of hydrogen-bond acceptors (Lipinski definition) is 6. The van der Waals surface area contributed by atoms with Crippen LogP contribution in [-0.4, -0.2) is 65.4 Å². The van der Waals surface area contributed by atoms with Gasteiger partial charge in [-0.25, -0.2) is 0 Å². The lowest BCUT2D eigenvalue weighted by molar-refractivity contribution is -0.142. The molecule has 2 fully saturated rings. The van der Waals surface area contributed by atoms with Crippen molar-refractivity contribution in [2.75, 3.05) is 5.32 Å². The van der Waals surface area contributed by atoms with Crippen LogP contribution in [0.3, 0.4) is 0 Å². The van der Waals surface area contributed by atoms with Gasteiger partial charge in [0.1, 0.15) is 19.1 Å². The van der Waals surface area contributed by atoms with Crippen LogP contribution in [0.25, 0.3) is 10.9 Å². The van der Waals surface area contributed by atoms with Crippen LogP contribution in [-0.2, 0) is 22.7 Å². The molecule has 5 rings (SSSR count). The molecule has 4 heterocycles. The molecule has 1 aliphatic carbocycles. The minimum atomic E-state index is -4.44. The van der Waals surface area contributed by atoms with Crippen molar-refractivity contribution in [2.24, 2.45) is 11.7 Å². The first-order valence-corrected chi connectivity index (χ1v) is 10.4. The number of fused-ring (bicyclic) bond motifs is 2. The molecule has 3 aromatic rings. The summed E-state index contributed by atoms with van der Waals surface area (Å²) < 4.78 is 39.6. The van der Waals surface area contributed by atoms with E-state index < -0.39 is 30.6 Å². The zero-order valence-electron chi connectivity index (χ0n) is 17.6. The van der Waals surface area contributed by atoms with Gasteiger partial charge in [0.15, 0.2) is 11.5 Å². The SMILES string of the molecule is NC(=O)c1nn(CC(=O)N2[C@@H]3C[C@@H]3C[C@H]2C(=O)Nc2ccn(CC(F)(F)F)n2)c2cnccc12. The molecule has 178 valence electrons. The van der Waals surface area contributed by atoms with E-state index in [0.717, 1.165) is 12.6 Å². The smallest absolute Gasteiger partial charge is 0.364 e. The number of nitrogens with one attached hydrogen (secondary N) is 1. The highest BCUT2D eigenvalue weighted by atomic mass is 19.4. The van der Waals surface area contributed by atoms with Crippen molar-refractivity contribution in [1.29, 1.82) is 0 Å². The quantitative estimate of drug-likeness (QED) is 0.542. The van der Waals surface area contributed by atoms with Crippen LogP contribution in [0, 0.1) is 5.92 Å². The third-order valence-electron chi connectivity index (χ3n) is 6.00. The summed E-state index contributed by atoms with van der Waals surface area (Å²) in [6.07, 6.45) is 0.833. The highest BCUT2D eigenvalue weighted by molar-refractivity contribution is 6.04. The predicted molar refractivity (Wildman–Crippen MR) is 110 cm³/mol. The van der Waals surface area contributed by atoms with E-state index in [1.165, 1.54) is 28.0 Å². The van der Waals surface area contributed by atoms with Crippen molar-refractivity contribution in [3.63, 3.8) is 0 Å². The van der Waals surface area contributed by atoms with Crippen molar-refractivity contribution in [2.45, 2.75) is 44.2 Å². The summed E-state index contributed by atoms with van der Waals surface area (Å²) in [5, 5.41) is 10.8. The Balaban J connectivity index is 1.32. The van der Waals surface area contributed by atoms with Gasteiger partial charge in [-0.15, -0.1) is 0 Å². The largest absolute Gasteiger partial charge is 0.408 e. The number of pyridine rings is 1. The fourth-order valence-electron chi connectivity index (χ4n) is 4.49. The van der Waals surface area contributed by atoms with Crippen LogP contribution in [0.15, 0.2) is 30.7 Å². The fourth-order valence-corrected chi connectivity index (χ4v) is 4.49. The number of halogens is 3. The number of carbonyl (C=O) groups is 3. The van der Waals surface area contributed by atoms with Gasteiger partial charge in [0.25, 0.3) is 5.91 Å². The number of aromatic nitrogens is 5. The number of carbonyl (C=O) groups excluding carboxylic acids is 3. The Hall–Kier alpha value is -3.97. The van der Waals surface area contributed by atoms with E-state index in [1.54, 1.807) is 6.07 Å². The fraction of sp³-hybridized carbons (Fsp3) is 0.400. The first kappa shape index (κ1) is 21.9. The van der Waals surface area contributed by atoms with Gasteiger partial charge in [-0.3, -0.25) is 28.7 Å². The van der Waals surface area contributed by atoms with Gasteiger partial charge in [0.2, 0.25) is 11.8 Å². The molecule has 11 nitrogen and oxygen atoms in total. The number of hydrogen-bond donors (Lipinski definition) is 2. The Labute approximate surface area is 189 Å². The molecule has 0 aromatic carbocycles. The van der Waals surface area contributed by atoms with Gasteiger partial charge in [-0.05, 0) is 24.8 Å². The number of alkyl halides is 3. The molecule has 0 unspecified atom stereocenters. The third-order valence-corrected chi connectivity index (χ3v) is 6.00. The van der Waals surface area contributed by atoms with Crippen LogP contribution < -0.4 is 11.1 Å². The van der Waals surface area contributed by atoms with Crippen molar-refractivity contribution < 1.29 is 27.6 Å². The highest BCUT2D eigenvalue weighted by Crippen LogP contribution is 2.48.